The molecule has 1 aromatic rings. The van der Waals surface area contributed by atoms with Gasteiger partial charge in [0, 0.05) is 6.04 Å². The number of amides is 1. The van der Waals surface area contributed by atoms with Crippen LogP contribution in [-0.2, 0) is 16.0 Å². The monoisotopic (exact) mass is 263 g/mol. The Hall–Kier alpha value is -1.78. The summed E-state index contributed by atoms with van der Waals surface area (Å²) in [6.45, 7) is 1.84. The highest BCUT2D eigenvalue weighted by atomic mass is 16.4. The van der Waals surface area contributed by atoms with Gasteiger partial charge in [0.15, 0.2) is 0 Å². The van der Waals surface area contributed by atoms with Gasteiger partial charge in [-0.3, -0.25) is 9.59 Å². The van der Waals surface area contributed by atoms with Crippen LogP contribution in [0.2, 0.25) is 0 Å². The molecule has 0 unspecified atom stereocenters. The van der Waals surface area contributed by atoms with Crippen LogP contribution in [0.25, 0.3) is 0 Å². The molecule has 102 valence electrons. The first-order chi connectivity index (χ1) is 9.04. The first kappa shape index (κ1) is 12.3. The van der Waals surface area contributed by atoms with Crippen LogP contribution in [0.5, 0.6) is 0 Å². The number of nitrogens with one attached hydrogen (secondary N) is 1. The SMILES string of the molecule is Cc1ccc(CC(=O)N[C@@H]2C[C@H](C(=O)O)[C@H]3C[C@H]32)o1. The quantitative estimate of drug-likeness (QED) is 0.859. The molecule has 2 N–H and O–H groups in total. The molecule has 0 aliphatic heterocycles. The fourth-order valence-electron chi connectivity index (χ4n) is 3.23. The van der Waals surface area contributed by atoms with Crippen molar-refractivity contribution in [2.75, 3.05) is 0 Å². The topological polar surface area (TPSA) is 79.5 Å². The van der Waals surface area contributed by atoms with Crippen LogP contribution >= 0.6 is 0 Å². The largest absolute Gasteiger partial charge is 0.481 e. The molecule has 0 spiro atoms. The molecule has 2 saturated carbocycles. The van der Waals surface area contributed by atoms with E-state index in [0.29, 0.717) is 18.1 Å². The average molecular weight is 263 g/mol. The predicted molar refractivity (Wildman–Crippen MR) is 66.4 cm³/mol. The maximum atomic E-state index is 11.9. The van der Waals surface area contributed by atoms with Gasteiger partial charge >= 0.3 is 5.97 Å². The number of rotatable bonds is 4. The Bertz CT molecular complexity index is 521. The number of hydrogen-bond donors (Lipinski definition) is 2. The molecule has 2 fully saturated rings. The zero-order valence-corrected chi connectivity index (χ0v) is 10.8. The number of carbonyl (C=O) groups excluding carboxylic acids is 1. The van der Waals surface area contributed by atoms with E-state index in [2.05, 4.69) is 5.32 Å². The van der Waals surface area contributed by atoms with Crippen LogP contribution in [0.4, 0.5) is 0 Å². The van der Waals surface area contributed by atoms with Gasteiger partial charge in [-0.15, -0.1) is 0 Å². The van der Waals surface area contributed by atoms with Crippen molar-refractivity contribution < 1.29 is 19.1 Å². The van der Waals surface area contributed by atoms with Gasteiger partial charge in [-0.05, 0) is 43.7 Å². The fourth-order valence-corrected chi connectivity index (χ4v) is 3.23. The number of fused-ring (bicyclic) bond motifs is 1. The number of carboxylic acid groups (broad SMARTS) is 1. The first-order valence-corrected chi connectivity index (χ1v) is 6.62. The molecule has 3 rings (SSSR count). The summed E-state index contributed by atoms with van der Waals surface area (Å²) in [5, 5.41) is 12.0. The van der Waals surface area contributed by atoms with E-state index in [9.17, 15) is 9.59 Å². The normalized spacial score (nSPS) is 31.8. The van der Waals surface area contributed by atoms with E-state index < -0.39 is 5.97 Å². The molecule has 2 aliphatic rings. The second-order valence-electron chi connectivity index (χ2n) is 5.61. The van der Waals surface area contributed by atoms with Gasteiger partial charge < -0.3 is 14.8 Å². The highest BCUT2D eigenvalue weighted by Gasteiger charge is 2.57. The minimum atomic E-state index is -0.731. The van der Waals surface area contributed by atoms with Crippen molar-refractivity contribution in [3.05, 3.63) is 23.7 Å². The Labute approximate surface area is 111 Å². The summed E-state index contributed by atoms with van der Waals surface area (Å²) >= 11 is 0. The summed E-state index contributed by atoms with van der Waals surface area (Å²) in [5.74, 6) is 0.979. The number of carboxylic acids is 1. The highest BCUT2D eigenvalue weighted by Crippen LogP contribution is 2.55. The van der Waals surface area contributed by atoms with Crippen molar-refractivity contribution in [1.29, 1.82) is 0 Å². The Balaban J connectivity index is 1.55. The van der Waals surface area contributed by atoms with Crippen LogP contribution in [0.3, 0.4) is 0 Å². The Morgan fingerprint density at radius 3 is 2.74 bits per heavy atom. The molecule has 4 atom stereocenters. The lowest BCUT2D eigenvalue weighted by Crippen LogP contribution is -2.36. The molecule has 0 radical (unpaired) electrons. The number of hydrogen-bond acceptors (Lipinski definition) is 3. The lowest BCUT2D eigenvalue weighted by atomic mass is 10.0. The summed E-state index contributed by atoms with van der Waals surface area (Å²) in [5.41, 5.74) is 0. The minimum absolute atomic E-state index is 0.0228. The average Bonchev–Trinajstić information content (AvgIpc) is 2.90. The summed E-state index contributed by atoms with van der Waals surface area (Å²) in [7, 11) is 0. The maximum absolute atomic E-state index is 11.9. The molecule has 0 bridgehead atoms. The van der Waals surface area contributed by atoms with Gasteiger partial charge in [-0.25, -0.2) is 0 Å². The lowest BCUT2D eigenvalue weighted by Gasteiger charge is -2.15. The molecule has 1 aromatic heterocycles. The number of furan rings is 1. The summed E-state index contributed by atoms with van der Waals surface area (Å²) < 4.78 is 5.36. The number of carbonyl (C=O) groups is 2. The van der Waals surface area contributed by atoms with Crippen LogP contribution in [-0.4, -0.2) is 23.0 Å². The molecule has 2 aliphatic carbocycles. The van der Waals surface area contributed by atoms with Crippen molar-refractivity contribution in [2.24, 2.45) is 17.8 Å². The second kappa shape index (κ2) is 4.40. The van der Waals surface area contributed by atoms with Crippen LogP contribution in [0.1, 0.15) is 24.4 Å². The van der Waals surface area contributed by atoms with Gasteiger partial charge in [0.25, 0.3) is 0 Å². The predicted octanol–water partition coefficient (Wildman–Crippen LogP) is 1.36. The molecule has 1 heterocycles. The zero-order valence-electron chi connectivity index (χ0n) is 10.8. The standard InChI is InChI=1S/C14H17NO4/c1-7-2-3-8(19-7)4-13(16)15-12-6-11(14(17)18)9-5-10(9)12/h2-3,9-12H,4-6H2,1H3,(H,15,16)(H,17,18)/t9-,10+,11-,12+/m0/s1. The fraction of sp³-hybridized carbons (Fsp3) is 0.571. The Kier molecular flexibility index (Phi) is 2.84. The Morgan fingerprint density at radius 1 is 1.37 bits per heavy atom. The molecule has 0 aromatic carbocycles. The van der Waals surface area contributed by atoms with Gasteiger partial charge in [0.1, 0.15) is 11.5 Å². The minimum Gasteiger partial charge on any atom is -0.481 e. The van der Waals surface area contributed by atoms with Gasteiger partial charge in [0.05, 0.1) is 12.3 Å². The van der Waals surface area contributed by atoms with E-state index in [4.69, 9.17) is 9.52 Å². The van der Waals surface area contributed by atoms with Crippen molar-refractivity contribution >= 4 is 11.9 Å². The zero-order chi connectivity index (χ0) is 13.6. The molecule has 1 amide bonds. The first-order valence-electron chi connectivity index (χ1n) is 6.62. The van der Waals surface area contributed by atoms with E-state index in [1.807, 2.05) is 13.0 Å². The van der Waals surface area contributed by atoms with Gasteiger partial charge in [0.2, 0.25) is 5.91 Å². The van der Waals surface area contributed by atoms with Crippen molar-refractivity contribution in [2.45, 2.75) is 32.2 Å². The molecule has 19 heavy (non-hydrogen) atoms. The van der Waals surface area contributed by atoms with E-state index in [-0.39, 0.29) is 30.2 Å². The second-order valence-corrected chi connectivity index (χ2v) is 5.61. The van der Waals surface area contributed by atoms with E-state index >= 15 is 0 Å². The van der Waals surface area contributed by atoms with Crippen LogP contribution in [0, 0.1) is 24.7 Å². The van der Waals surface area contributed by atoms with E-state index in [1.165, 1.54) is 0 Å². The molecule has 5 heteroatoms. The summed E-state index contributed by atoms with van der Waals surface area (Å²) in [6.07, 6.45) is 1.72. The Morgan fingerprint density at radius 2 is 2.16 bits per heavy atom. The third-order valence-corrected chi connectivity index (χ3v) is 4.23. The molecular weight excluding hydrogens is 246 g/mol. The van der Waals surface area contributed by atoms with Gasteiger partial charge in [-0.1, -0.05) is 0 Å². The lowest BCUT2D eigenvalue weighted by molar-refractivity contribution is -0.142. The number of aryl methyl sites for hydroxylation is 1. The summed E-state index contributed by atoms with van der Waals surface area (Å²) in [4.78, 5) is 22.9. The summed E-state index contributed by atoms with van der Waals surface area (Å²) in [6, 6.07) is 3.65. The van der Waals surface area contributed by atoms with Crippen molar-refractivity contribution in [1.82, 2.24) is 5.32 Å². The third-order valence-electron chi connectivity index (χ3n) is 4.23. The van der Waals surface area contributed by atoms with Crippen molar-refractivity contribution in [3.63, 3.8) is 0 Å². The smallest absolute Gasteiger partial charge is 0.306 e. The number of aliphatic carboxylic acids is 1. The molecule has 5 nitrogen and oxygen atoms in total. The molecular formula is C14H17NO4. The van der Waals surface area contributed by atoms with Crippen molar-refractivity contribution in [3.8, 4) is 0 Å². The highest BCUT2D eigenvalue weighted by molar-refractivity contribution is 5.79. The maximum Gasteiger partial charge on any atom is 0.306 e. The van der Waals surface area contributed by atoms with E-state index in [1.54, 1.807) is 6.07 Å². The van der Waals surface area contributed by atoms with Crippen LogP contribution in [0.15, 0.2) is 16.5 Å². The van der Waals surface area contributed by atoms with E-state index in [0.717, 1.165) is 12.2 Å². The van der Waals surface area contributed by atoms with Crippen LogP contribution < -0.4 is 5.32 Å². The molecule has 0 saturated heterocycles. The third kappa shape index (κ3) is 2.37. The van der Waals surface area contributed by atoms with Gasteiger partial charge in [-0.2, -0.15) is 0 Å².